The lowest BCUT2D eigenvalue weighted by atomic mass is 10.0. The van der Waals surface area contributed by atoms with E-state index in [1.807, 2.05) is 44.2 Å². The summed E-state index contributed by atoms with van der Waals surface area (Å²) in [6.07, 6.45) is 0.668. The molecule has 24 heavy (non-hydrogen) atoms. The van der Waals surface area contributed by atoms with Gasteiger partial charge < -0.3 is 21.1 Å². The van der Waals surface area contributed by atoms with Crippen molar-refractivity contribution in [2.45, 2.75) is 39.3 Å². The third-order valence-corrected chi connectivity index (χ3v) is 3.21. The summed E-state index contributed by atoms with van der Waals surface area (Å²) in [4.78, 5) is 24.1. The van der Waals surface area contributed by atoms with Crippen molar-refractivity contribution in [3.8, 4) is 0 Å². The summed E-state index contributed by atoms with van der Waals surface area (Å²) in [5.74, 6) is 0.0680. The van der Waals surface area contributed by atoms with Crippen molar-refractivity contribution in [1.29, 1.82) is 0 Å². The second-order valence-electron chi connectivity index (χ2n) is 5.82. The lowest BCUT2D eigenvalue weighted by molar-refractivity contribution is -0.123. The van der Waals surface area contributed by atoms with Gasteiger partial charge >= 0.3 is 6.09 Å². The molecule has 1 atom stereocenters. The Bertz CT molecular complexity index is 483. The molecule has 1 aromatic rings. The van der Waals surface area contributed by atoms with Crippen molar-refractivity contribution in [3.05, 3.63) is 35.9 Å². The lowest BCUT2D eigenvalue weighted by Gasteiger charge is -2.20. The minimum Gasteiger partial charge on any atom is -0.445 e. The topological polar surface area (TPSA) is 93.4 Å². The zero-order chi connectivity index (χ0) is 17.1. The Balaban J connectivity index is 0.00000529. The summed E-state index contributed by atoms with van der Waals surface area (Å²) >= 11 is 0. The van der Waals surface area contributed by atoms with Gasteiger partial charge in [0.15, 0.2) is 0 Å². The van der Waals surface area contributed by atoms with Crippen LogP contribution < -0.4 is 16.4 Å². The third-order valence-electron chi connectivity index (χ3n) is 3.21. The van der Waals surface area contributed by atoms with E-state index in [9.17, 15) is 9.59 Å². The summed E-state index contributed by atoms with van der Waals surface area (Å²) in [6.45, 7) is 5.19. The van der Waals surface area contributed by atoms with Crippen molar-refractivity contribution >= 4 is 24.4 Å². The number of carbonyl (C=O) groups is 2. The van der Waals surface area contributed by atoms with Gasteiger partial charge in [-0.25, -0.2) is 4.79 Å². The number of carbonyl (C=O) groups excluding carboxylic acids is 2. The highest BCUT2D eigenvalue weighted by atomic mass is 35.5. The van der Waals surface area contributed by atoms with E-state index in [4.69, 9.17) is 10.5 Å². The highest BCUT2D eigenvalue weighted by molar-refractivity contribution is 5.85. The first-order valence-corrected chi connectivity index (χ1v) is 7.98. The second-order valence-corrected chi connectivity index (χ2v) is 5.82. The van der Waals surface area contributed by atoms with E-state index < -0.39 is 12.1 Å². The fraction of sp³-hybridized carbons (Fsp3) is 0.529. The molecule has 0 aliphatic heterocycles. The van der Waals surface area contributed by atoms with Gasteiger partial charge in [-0.1, -0.05) is 44.2 Å². The Morgan fingerprint density at radius 2 is 1.88 bits per heavy atom. The minimum atomic E-state index is -0.601. The molecular weight excluding hydrogens is 330 g/mol. The molecule has 0 spiro atoms. The van der Waals surface area contributed by atoms with Gasteiger partial charge in [0.1, 0.15) is 12.6 Å². The molecular formula is C17H28ClN3O3. The molecule has 7 heteroatoms. The molecule has 0 heterocycles. The molecule has 0 unspecified atom stereocenters. The number of hydrogen-bond donors (Lipinski definition) is 3. The molecule has 0 radical (unpaired) electrons. The number of halogens is 1. The van der Waals surface area contributed by atoms with E-state index in [1.165, 1.54) is 0 Å². The Kier molecular flexibility index (Phi) is 11.7. The van der Waals surface area contributed by atoms with Crippen molar-refractivity contribution < 1.29 is 14.3 Å². The number of benzene rings is 1. The maximum absolute atomic E-state index is 12.1. The molecule has 0 saturated heterocycles. The van der Waals surface area contributed by atoms with Crippen LogP contribution in [0.1, 0.15) is 32.3 Å². The van der Waals surface area contributed by atoms with Gasteiger partial charge in [-0.05, 0) is 30.9 Å². The van der Waals surface area contributed by atoms with Crippen LogP contribution in [0.3, 0.4) is 0 Å². The number of ether oxygens (including phenoxy) is 1. The van der Waals surface area contributed by atoms with Gasteiger partial charge in [0, 0.05) is 6.54 Å². The molecule has 0 fully saturated rings. The van der Waals surface area contributed by atoms with Crippen LogP contribution in [0.25, 0.3) is 0 Å². The minimum absolute atomic E-state index is 0. The van der Waals surface area contributed by atoms with Crippen LogP contribution in [-0.2, 0) is 16.1 Å². The Morgan fingerprint density at radius 1 is 1.21 bits per heavy atom. The smallest absolute Gasteiger partial charge is 0.408 e. The van der Waals surface area contributed by atoms with Gasteiger partial charge in [0.05, 0.1) is 0 Å². The summed E-state index contributed by atoms with van der Waals surface area (Å²) in [7, 11) is 0. The molecule has 0 aliphatic rings. The molecule has 1 aromatic carbocycles. The normalized spacial score (nSPS) is 11.3. The standard InChI is InChI=1S/C17H27N3O3.ClH/c1-13(2)11-15(16(21)19-10-6-9-18)20-17(22)23-12-14-7-4-3-5-8-14;/h3-5,7-8,13,15H,6,9-12,18H2,1-2H3,(H,19,21)(H,20,22);1H/t15-;/m0./s1. The second kappa shape index (κ2) is 12.6. The molecule has 1 rings (SSSR count). The molecule has 0 saturated carbocycles. The van der Waals surface area contributed by atoms with Crippen LogP contribution >= 0.6 is 12.4 Å². The van der Waals surface area contributed by atoms with Crippen LogP contribution in [0, 0.1) is 5.92 Å². The highest BCUT2D eigenvalue weighted by Gasteiger charge is 2.22. The summed E-state index contributed by atoms with van der Waals surface area (Å²) in [5, 5.41) is 5.42. The summed E-state index contributed by atoms with van der Waals surface area (Å²) < 4.78 is 5.17. The monoisotopic (exact) mass is 357 g/mol. The maximum Gasteiger partial charge on any atom is 0.408 e. The first-order chi connectivity index (χ1) is 11.0. The quantitative estimate of drug-likeness (QED) is 0.591. The maximum atomic E-state index is 12.1. The van der Waals surface area contributed by atoms with E-state index in [0.717, 1.165) is 5.56 Å². The molecule has 136 valence electrons. The van der Waals surface area contributed by atoms with Crippen LogP contribution in [0.4, 0.5) is 4.79 Å². The van der Waals surface area contributed by atoms with Crippen LogP contribution in [0.15, 0.2) is 30.3 Å². The molecule has 0 aromatic heterocycles. The number of rotatable bonds is 9. The zero-order valence-corrected chi connectivity index (χ0v) is 15.1. The fourth-order valence-electron chi connectivity index (χ4n) is 2.05. The number of amides is 2. The predicted molar refractivity (Wildman–Crippen MR) is 96.9 cm³/mol. The van der Waals surface area contributed by atoms with Crippen LogP contribution in [-0.4, -0.2) is 31.1 Å². The molecule has 6 nitrogen and oxygen atoms in total. The molecule has 0 bridgehead atoms. The third kappa shape index (κ3) is 9.37. The van der Waals surface area contributed by atoms with Gasteiger partial charge in [0.2, 0.25) is 5.91 Å². The van der Waals surface area contributed by atoms with Crippen LogP contribution in [0.2, 0.25) is 0 Å². The predicted octanol–water partition coefficient (Wildman–Crippen LogP) is 2.21. The number of nitrogens with two attached hydrogens (primary N) is 1. The molecule has 2 amide bonds. The molecule has 4 N–H and O–H groups in total. The fourth-order valence-corrected chi connectivity index (χ4v) is 2.05. The molecule has 0 aliphatic carbocycles. The number of hydrogen-bond acceptors (Lipinski definition) is 4. The van der Waals surface area contributed by atoms with Gasteiger partial charge in [-0.15, -0.1) is 12.4 Å². The first-order valence-electron chi connectivity index (χ1n) is 7.98. The van der Waals surface area contributed by atoms with E-state index in [-0.39, 0.29) is 30.8 Å². The zero-order valence-electron chi connectivity index (χ0n) is 14.3. The van der Waals surface area contributed by atoms with E-state index in [2.05, 4.69) is 10.6 Å². The average molecular weight is 358 g/mol. The average Bonchev–Trinajstić information content (AvgIpc) is 2.53. The van der Waals surface area contributed by atoms with E-state index in [1.54, 1.807) is 0 Å². The van der Waals surface area contributed by atoms with E-state index >= 15 is 0 Å². The number of nitrogens with one attached hydrogen (secondary N) is 2. The summed E-state index contributed by atoms with van der Waals surface area (Å²) in [5.41, 5.74) is 6.30. The Labute approximate surface area is 149 Å². The van der Waals surface area contributed by atoms with Crippen molar-refractivity contribution in [2.75, 3.05) is 13.1 Å². The Morgan fingerprint density at radius 3 is 2.46 bits per heavy atom. The van der Waals surface area contributed by atoms with E-state index in [0.29, 0.717) is 25.9 Å². The SMILES string of the molecule is CC(C)C[C@H](NC(=O)OCc1ccccc1)C(=O)NCCCN.Cl. The highest BCUT2D eigenvalue weighted by Crippen LogP contribution is 2.06. The largest absolute Gasteiger partial charge is 0.445 e. The van der Waals surface area contributed by atoms with Gasteiger partial charge in [0.25, 0.3) is 0 Å². The lowest BCUT2D eigenvalue weighted by Crippen LogP contribution is -2.47. The Hall–Kier alpha value is -1.79. The van der Waals surface area contributed by atoms with Crippen LogP contribution in [0.5, 0.6) is 0 Å². The van der Waals surface area contributed by atoms with Gasteiger partial charge in [-0.3, -0.25) is 4.79 Å². The van der Waals surface area contributed by atoms with Crippen molar-refractivity contribution in [2.24, 2.45) is 11.7 Å². The first kappa shape index (κ1) is 22.2. The van der Waals surface area contributed by atoms with Gasteiger partial charge in [-0.2, -0.15) is 0 Å². The van der Waals surface area contributed by atoms with Crippen molar-refractivity contribution in [1.82, 2.24) is 10.6 Å². The van der Waals surface area contributed by atoms with Crippen molar-refractivity contribution in [3.63, 3.8) is 0 Å². The number of alkyl carbamates (subject to hydrolysis) is 1. The summed E-state index contributed by atoms with van der Waals surface area (Å²) in [6, 6.07) is 8.80.